The summed E-state index contributed by atoms with van der Waals surface area (Å²) in [6.07, 6.45) is 6.87. The normalized spacial score (nSPS) is 14.6. The zero-order chi connectivity index (χ0) is 80.3. The summed E-state index contributed by atoms with van der Waals surface area (Å²) in [7, 11) is 7.40. The van der Waals surface area contributed by atoms with Crippen molar-refractivity contribution in [2.75, 3.05) is 0 Å². The first kappa shape index (κ1) is 47.3. The molecule has 0 radical (unpaired) electrons. The predicted octanol–water partition coefficient (Wildman–Crippen LogP) is 21.6. The Hall–Kier alpha value is -9.64. The molecule has 0 bridgehead atoms. The van der Waals surface area contributed by atoms with Crippen molar-refractivity contribution in [3.63, 3.8) is 0 Å². The number of benzene rings is 8. The second-order valence-electron chi connectivity index (χ2n) is 22.2. The van der Waals surface area contributed by atoms with E-state index in [1.54, 1.807) is 102 Å². The maximum Gasteiger partial charge on any atom is 0.213 e. The molecule has 0 aliphatic carbocycles. The lowest BCUT2D eigenvalue weighted by Crippen LogP contribution is -2.31. The maximum atomic E-state index is 7.97. The lowest BCUT2D eigenvalue weighted by molar-refractivity contribution is -0.660. The first-order valence-corrected chi connectivity index (χ1v) is 29.0. The van der Waals surface area contributed by atoms with E-state index in [-0.39, 0.29) is 40.8 Å². The Morgan fingerprint density at radius 3 is 0.989 bits per heavy atom. The smallest absolute Gasteiger partial charge is 0.201 e. The van der Waals surface area contributed by atoms with Gasteiger partial charge in [-0.05, 0) is 208 Å². The molecule has 12 rings (SSSR count). The molecule has 4 nitrogen and oxygen atoms in total. The summed E-state index contributed by atoms with van der Waals surface area (Å²) >= 11 is 0. The van der Waals surface area contributed by atoms with E-state index in [1.165, 1.54) is 0 Å². The van der Waals surface area contributed by atoms with Gasteiger partial charge in [-0.3, -0.25) is 0 Å². The Kier molecular flexibility index (Phi) is 16.9. The van der Waals surface area contributed by atoms with E-state index in [9.17, 15) is 0 Å². The van der Waals surface area contributed by atoms with Crippen LogP contribution in [0.1, 0.15) is 125 Å². The van der Waals surface area contributed by atoms with E-state index in [1.807, 2.05) is 222 Å². The van der Waals surface area contributed by atoms with Gasteiger partial charge in [0.25, 0.3) is 0 Å². The van der Waals surface area contributed by atoms with Crippen LogP contribution in [0, 0.1) is 82.6 Å². The molecule has 92 heavy (non-hydrogen) atoms. The third-order valence-electron chi connectivity index (χ3n) is 15.7. The highest BCUT2D eigenvalue weighted by Gasteiger charge is 2.20. The van der Waals surface area contributed by atoms with Crippen LogP contribution in [-0.2, 0) is 28.2 Å². The van der Waals surface area contributed by atoms with Gasteiger partial charge in [-0.2, -0.15) is 0 Å². The molecule has 0 saturated heterocycles. The summed E-state index contributed by atoms with van der Waals surface area (Å²) in [5, 5.41) is 0. The van der Waals surface area contributed by atoms with Crippen LogP contribution in [0.4, 0.5) is 0 Å². The summed E-state index contributed by atoms with van der Waals surface area (Å²) in [4.78, 5) is 0. The van der Waals surface area contributed by atoms with Gasteiger partial charge < -0.3 is 0 Å². The first-order chi connectivity index (χ1) is 50.7. The monoisotopic (exact) mass is 1240 g/mol. The number of rotatable bonds is 8. The zero-order valence-corrected chi connectivity index (χ0v) is 51.4. The third kappa shape index (κ3) is 17.2. The Balaban J connectivity index is 0.000000267. The zero-order valence-electron chi connectivity index (χ0n) is 72.4. The summed E-state index contributed by atoms with van der Waals surface area (Å²) in [5.74, 6) is 0. The van der Waals surface area contributed by atoms with Gasteiger partial charge in [0.05, 0.1) is 0 Å². The van der Waals surface area contributed by atoms with E-state index in [2.05, 4.69) is 0 Å². The summed E-state index contributed by atoms with van der Waals surface area (Å²) in [5.41, 5.74) is 19.6. The Morgan fingerprint density at radius 1 is 0.228 bits per heavy atom. The lowest BCUT2D eigenvalue weighted by atomic mass is 9.93. The number of hydrogen-bond donors (Lipinski definition) is 0. The molecule has 0 fully saturated rings. The average molecular weight is 1240 g/mol. The second-order valence-corrected chi connectivity index (χ2v) is 22.2. The van der Waals surface area contributed by atoms with Crippen molar-refractivity contribution in [3.05, 3.63) is 310 Å². The van der Waals surface area contributed by atoms with Crippen molar-refractivity contribution in [1.29, 1.82) is 0 Å². The third-order valence-corrected chi connectivity index (χ3v) is 15.7. The van der Waals surface area contributed by atoms with Gasteiger partial charge in [0.1, 0.15) is 28.2 Å². The van der Waals surface area contributed by atoms with Gasteiger partial charge in [0, 0.05) is 98.1 Å². The van der Waals surface area contributed by atoms with Crippen LogP contribution in [0.15, 0.2) is 243 Å². The van der Waals surface area contributed by atoms with E-state index in [4.69, 9.17) is 28.8 Å². The highest BCUT2D eigenvalue weighted by molar-refractivity contribution is 5.79. The highest BCUT2D eigenvalue weighted by Crippen LogP contribution is 2.35. The van der Waals surface area contributed by atoms with E-state index < -0.39 is 48.0 Å². The van der Waals surface area contributed by atoms with Crippen molar-refractivity contribution in [3.8, 4) is 89.5 Å². The maximum absolute atomic E-state index is 7.97. The molecule has 4 aromatic heterocycles. The molecule has 0 atom stereocenters. The highest BCUT2D eigenvalue weighted by atomic mass is 14.9. The van der Waals surface area contributed by atoms with Gasteiger partial charge in [-0.1, -0.05) is 187 Å². The molecule has 0 N–H and O–H groups in total. The average Bonchev–Trinajstić information content (AvgIpc) is 0.780. The largest absolute Gasteiger partial charge is 0.213 e. The van der Waals surface area contributed by atoms with Crippen LogP contribution in [0.5, 0.6) is 0 Å². The SMILES string of the molecule is C.C.C.C.[2H]C([2H])([2H])c1c[n+](C)c(-c2cc(-c3ccccc3)c(C([2H])([2H])[2H])cc2C)cc1C.[2H]C([2H])([2H])c1cc(C)c(-c2cccc[n+]2C)cc1-c1ccccc1.[2H]C([2H])([2H])c1ccc(-c2cc(-c3ccccc3)c(C([2H])([2H])[2H])c[n+]2C)c(C)c1.[2H]C([2H])([2H])c1ccc(-c2cc(-c3ccccc3)c(C([2H])([2H])[2H])cc2C)[n+](C)c1. The Bertz CT molecular complexity index is 5070. The van der Waals surface area contributed by atoms with Crippen molar-refractivity contribution in [1.82, 2.24) is 0 Å². The van der Waals surface area contributed by atoms with Crippen LogP contribution in [-0.4, -0.2) is 0 Å². The van der Waals surface area contributed by atoms with Gasteiger partial charge >= 0.3 is 0 Å². The molecular formula is C88H104N4+4. The fourth-order valence-corrected chi connectivity index (χ4v) is 11.0. The molecule has 0 saturated carbocycles. The molecule has 0 aliphatic heterocycles. The summed E-state index contributed by atoms with van der Waals surface area (Å²) in [6, 6.07) is 67.2. The molecule has 0 amide bonds. The molecule has 0 unspecified atom stereocenters. The molecular weight excluding hydrogens is 1110 g/mol. The Morgan fingerprint density at radius 2 is 0.587 bits per heavy atom. The number of pyridine rings is 4. The molecule has 0 aliphatic rings. The van der Waals surface area contributed by atoms with Crippen molar-refractivity contribution < 1.29 is 47.1 Å². The van der Waals surface area contributed by atoms with Crippen LogP contribution < -0.4 is 18.3 Å². The van der Waals surface area contributed by atoms with Gasteiger partial charge in [0.2, 0.25) is 22.8 Å². The quantitative estimate of drug-likeness (QED) is 0.135. The topological polar surface area (TPSA) is 15.5 Å². The van der Waals surface area contributed by atoms with Gasteiger partial charge in [0.15, 0.2) is 24.8 Å². The number of hydrogen-bond acceptors (Lipinski definition) is 0. The first-order valence-electron chi connectivity index (χ1n) is 39.5. The molecule has 0 spiro atoms. The number of nitrogens with zero attached hydrogens (tertiary/aromatic N) is 4. The Labute approximate surface area is 585 Å². The molecule has 472 valence electrons. The van der Waals surface area contributed by atoms with E-state index in [0.717, 1.165) is 95.1 Å². The van der Waals surface area contributed by atoms with Crippen molar-refractivity contribution >= 4 is 0 Å². The summed E-state index contributed by atoms with van der Waals surface area (Å²) in [6.45, 7) is -6.02. The number of aryl methyl sites for hydroxylation is 16. The van der Waals surface area contributed by atoms with Gasteiger partial charge in [-0.15, -0.1) is 0 Å². The number of aromatic nitrogens is 4. The fourth-order valence-electron chi connectivity index (χ4n) is 11.0. The van der Waals surface area contributed by atoms with Crippen LogP contribution in [0.3, 0.4) is 0 Å². The minimum Gasteiger partial charge on any atom is -0.201 e. The predicted molar refractivity (Wildman–Crippen MR) is 398 cm³/mol. The standard InChI is InChI=1S/C22H24N.2C21H22N.C20H20N.4CH4/c1-15-12-22(23(5)14-18(15)4)21-13-20(16(2)11-17(21)3)19-9-7-6-8-10-19;1-15-10-11-21(22(4)14-15)20-13-19(16(2)12-17(20)3)18-8-6-5-7-9-18;1-15-10-11-19(16(2)12-15)21-13-20(17(3)14-22(21)4)18-8-6-5-7-9-18;1-15-13-16(2)19(20-11-7-8-12-21(20)3)14-18(15)17-9-5-4-6-10-17;;;;/h6-14H,1-5H3;2*5-14H,1-4H3;4-14H,1-3H3;4*1H4/q4*+1;;;;/i2D3,4D3;1D3,2D3;1D3,3D3;1D3;;;;. The molecule has 8 aromatic carbocycles. The van der Waals surface area contributed by atoms with E-state index >= 15 is 0 Å². The van der Waals surface area contributed by atoms with Gasteiger partial charge in [-0.25, -0.2) is 18.3 Å². The summed E-state index contributed by atoms with van der Waals surface area (Å²) < 4.78 is 171. The van der Waals surface area contributed by atoms with Crippen LogP contribution in [0.25, 0.3) is 89.5 Å². The molecule has 4 heterocycles. The van der Waals surface area contributed by atoms with Crippen LogP contribution >= 0.6 is 0 Å². The van der Waals surface area contributed by atoms with Crippen molar-refractivity contribution in [2.45, 2.75) is 112 Å². The minimum absolute atomic E-state index is 0. The second kappa shape index (κ2) is 32.9. The minimum atomic E-state index is -2.25. The fraction of sp³-hybridized carbons (Fsp3) is 0.227. The molecule has 4 heteroatoms. The van der Waals surface area contributed by atoms with E-state index in [0.29, 0.717) is 50.1 Å². The molecule has 12 aromatic rings. The van der Waals surface area contributed by atoms with Crippen molar-refractivity contribution in [2.24, 2.45) is 28.2 Å². The van der Waals surface area contributed by atoms with Crippen LogP contribution in [0.2, 0.25) is 0 Å². The lowest BCUT2D eigenvalue weighted by Gasteiger charge is -2.12.